The molecule has 2 heterocycles. The van der Waals surface area contributed by atoms with Gasteiger partial charge in [-0.1, -0.05) is 12.1 Å². The van der Waals surface area contributed by atoms with Crippen molar-refractivity contribution in [2.75, 3.05) is 0 Å². The molecule has 0 saturated heterocycles. The molecule has 3 N–H and O–H groups in total. The van der Waals surface area contributed by atoms with E-state index in [1.54, 1.807) is 0 Å². The maximum absolute atomic E-state index is 12.6. The van der Waals surface area contributed by atoms with Crippen LogP contribution < -0.4 is 16.4 Å². The highest BCUT2D eigenvalue weighted by Gasteiger charge is 2.17. The molecule has 11 heteroatoms. The smallest absolute Gasteiger partial charge is 0.345 e. The van der Waals surface area contributed by atoms with Crippen LogP contribution in [-0.4, -0.2) is 28.6 Å². The summed E-state index contributed by atoms with van der Waals surface area (Å²) in [6.45, 7) is -0.0927. The number of aryl methyl sites for hydroxylation is 1. The van der Waals surface area contributed by atoms with Crippen LogP contribution in [0.25, 0.3) is 10.2 Å². The van der Waals surface area contributed by atoms with Gasteiger partial charge in [0.2, 0.25) is 10.0 Å². The molecule has 0 aliphatic rings. The molecule has 0 amide bonds. The molecule has 0 aliphatic carbocycles. The topological polar surface area (TPSA) is 141 Å². The normalized spacial score (nSPS) is 11.8. The van der Waals surface area contributed by atoms with Gasteiger partial charge in [-0.15, -0.1) is 11.3 Å². The van der Waals surface area contributed by atoms with E-state index >= 15 is 0 Å². The van der Waals surface area contributed by atoms with Gasteiger partial charge in [-0.3, -0.25) is 13.9 Å². The van der Waals surface area contributed by atoms with Crippen LogP contribution in [0.5, 0.6) is 0 Å². The Kier molecular flexibility index (Phi) is 4.30. The highest BCUT2D eigenvalue weighted by molar-refractivity contribution is 7.89. The minimum absolute atomic E-state index is 0.0395. The molecule has 0 atom stereocenters. The predicted octanol–water partition coefficient (Wildman–Crippen LogP) is 0.156. The molecule has 0 saturated carbocycles. The monoisotopic (exact) mass is 395 g/mol. The predicted molar refractivity (Wildman–Crippen MR) is 95.2 cm³/mol. The van der Waals surface area contributed by atoms with Crippen molar-refractivity contribution in [3.8, 4) is 0 Å². The molecule has 9 nitrogen and oxygen atoms in total. The molecule has 26 heavy (non-hydrogen) atoms. The largest absolute Gasteiger partial charge is 0.477 e. The maximum atomic E-state index is 12.6. The number of carbonyl (C=O) groups is 1. The summed E-state index contributed by atoms with van der Waals surface area (Å²) >= 11 is 0.850. The molecular formula is C15H13N3O6S2. The van der Waals surface area contributed by atoms with Crippen LogP contribution in [-0.2, 0) is 23.6 Å². The van der Waals surface area contributed by atoms with Crippen molar-refractivity contribution in [1.29, 1.82) is 0 Å². The van der Waals surface area contributed by atoms with Crippen LogP contribution in [0, 0.1) is 0 Å². The number of benzene rings is 1. The molecule has 1 aromatic carbocycles. The summed E-state index contributed by atoms with van der Waals surface area (Å²) in [5, 5.41) is 14.3. The minimum Gasteiger partial charge on any atom is -0.477 e. The molecule has 136 valence electrons. The number of fused-ring (bicyclic) bond motifs is 1. The average Bonchev–Trinajstić information content (AvgIpc) is 3.02. The number of primary sulfonamides is 1. The molecular weight excluding hydrogens is 382 g/mol. The summed E-state index contributed by atoms with van der Waals surface area (Å²) < 4.78 is 24.7. The van der Waals surface area contributed by atoms with Gasteiger partial charge in [0.25, 0.3) is 5.56 Å². The van der Waals surface area contributed by atoms with Crippen LogP contribution in [0.15, 0.2) is 44.8 Å². The quantitative estimate of drug-likeness (QED) is 0.644. The number of aromatic carboxylic acids is 1. The summed E-state index contributed by atoms with van der Waals surface area (Å²) in [7, 11) is -2.39. The van der Waals surface area contributed by atoms with E-state index in [1.165, 1.54) is 41.9 Å². The van der Waals surface area contributed by atoms with Gasteiger partial charge in [-0.2, -0.15) is 0 Å². The number of hydrogen-bond donors (Lipinski definition) is 2. The second-order valence-corrected chi connectivity index (χ2v) is 8.15. The fourth-order valence-corrected chi connectivity index (χ4v) is 3.95. The van der Waals surface area contributed by atoms with Crippen LogP contribution in [0.2, 0.25) is 0 Å². The summed E-state index contributed by atoms with van der Waals surface area (Å²) in [4.78, 5) is 36.4. The molecule has 3 aromatic rings. The van der Waals surface area contributed by atoms with Crippen LogP contribution in [0.1, 0.15) is 15.2 Å². The third-order valence-electron chi connectivity index (χ3n) is 3.81. The van der Waals surface area contributed by atoms with E-state index in [4.69, 9.17) is 10.2 Å². The first-order valence-corrected chi connectivity index (χ1v) is 9.54. The van der Waals surface area contributed by atoms with Crippen molar-refractivity contribution in [3.63, 3.8) is 0 Å². The Bertz CT molecular complexity index is 1250. The second-order valence-electron chi connectivity index (χ2n) is 5.56. The van der Waals surface area contributed by atoms with Gasteiger partial charge in [-0.05, 0) is 23.8 Å². The maximum Gasteiger partial charge on any atom is 0.345 e. The Morgan fingerprint density at radius 1 is 1.23 bits per heavy atom. The highest BCUT2D eigenvalue weighted by atomic mass is 32.2. The van der Waals surface area contributed by atoms with Crippen molar-refractivity contribution in [2.24, 2.45) is 12.2 Å². The standard InChI is InChI=1S/C15H13N3O6S2/c1-17-13-10(6-11(25-13)14(20)21)12(19)18(15(17)22)7-8-2-4-9(5-3-8)26(16,23)24/h2-6H,7H2,1H3,(H,20,21)(H2,16,23,24). The minimum atomic E-state index is -3.84. The Labute approximate surface area is 150 Å². The number of rotatable bonds is 4. The number of thiophene rings is 1. The van der Waals surface area contributed by atoms with Gasteiger partial charge in [0, 0.05) is 7.05 Å². The Morgan fingerprint density at radius 2 is 1.85 bits per heavy atom. The lowest BCUT2D eigenvalue weighted by Gasteiger charge is -2.09. The van der Waals surface area contributed by atoms with E-state index in [9.17, 15) is 22.8 Å². The third kappa shape index (κ3) is 3.07. The molecule has 3 rings (SSSR count). The van der Waals surface area contributed by atoms with Gasteiger partial charge in [-0.25, -0.2) is 23.1 Å². The van der Waals surface area contributed by atoms with Crippen LogP contribution in [0.3, 0.4) is 0 Å². The van der Waals surface area contributed by atoms with E-state index in [0.29, 0.717) is 5.56 Å². The lowest BCUT2D eigenvalue weighted by atomic mass is 10.2. The van der Waals surface area contributed by atoms with Gasteiger partial charge in [0.1, 0.15) is 9.71 Å². The molecule has 0 unspecified atom stereocenters. The summed E-state index contributed by atoms with van der Waals surface area (Å²) in [6.07, 6.45) is 0. The van der Waals surface area contributed by atoms with E-state index in [0.717, 1.165) is 15.9 Å². The Balaban J connectivity index is 2.12. The SMILES string of the molecule is Cn1c(=O)n(Cc2ccc(S(N)(=O)=O)cc2)c(=O)c2cc(C(=O)O)sc21. The zero-order chi connectivity index (χ0) is 19.2. The fraction of sp³-hybridized carbons (Fsp3) is 0.133. The van der Waals surface area contributed by atoms with Crippen molar-refractivity contribution >= 4 is 37.5 Å². The van der Waals surface area contributed by atoms with Gasteiger partial charge in [0.05, 0.1) is 16.8 Å². The molecule has 0 bridgehead atoms. The van der Waals surface area contributed by atoms with E-state index < -0.39 is 27.2 Å². The van der Waals surface area contributed by atoms with Gasteiger partial charge < -0.3 is 5.11 Å². The molecule has 2 aromatic heterocycles. The summed E-state index contributed by atoms with van der Waals surface area (Å²) in [5.41, 5.74) is -0.691. The van der Waals surface area contributed by atoms with E-state index in [-0.39, 0.29) is 26.5 Å². The first-order chi connectivity index (χ1) is 12.1. The number of sulfonamides is 1. The Morgan fingerprint density at radius 3 is 2.38 bits per heavy atom. The van der Waals surface area contributed by atoms with Crippen molar-refractivity contribution in [3.05, 3.63) is 61.6 Å². The fourth-order valence-electron chi connectivity index (χ4n) is 2.50. The number of carboxylic acid groups (broad SMARTS) is 1. The van der Waals surface area contributed by atoms with Crippen molar-refractivity contribution < 1.29 is 18.3 Å². The van der Waals surface area contributed by atoms with Gasteiger partial charge in [0.15, 0.2) is 0 Å². The van der Waals surface area contributed by atoms with E-state index in [2.05, 4.69) is 0 Å². The number of carboxylic acids is 1. The van der Waals surface area contributed by atoms with E-state index in [1.807, 2.05) is 0 Å². The van der Waals surface area contributed by atoms with Crippen LogP contribution >= 0.6 is 11.3 Å². The number of nitrogens with zero attached hydrogens (tertiary/aromatic N) is 2. The zero-order valence-electron chi connectivity index (χ0n) is 13.4. The average molecular weight is 395 g/mol. The first kappa shape index (κ1) is 18.0. The van der Waals surface area contributed by atoms with Crippen molar-refractivity contribution in [2.45, 2.75) is 11.4 Å². The Hall–Kier alpha value is -2.76. The van der Waals surface area contributed by atoms with Crippen molar-refractivity contribution in [1.82, 2.24) is 9.13 Å². The lowest BCUT2D eigenvalue weighted by Crippen LogP contribution is -2.38. The molecule has 0 aliphatic heterocycles. The summed E-state index contributed by atoms with van der Waals surface area (Å²) in [6, 6.07) is 6.71. The number of aromatic nitrogens is 2. The highest BCUT2D eigenvalue weighted by Crippen LogP contribution is 2.21. The zero-order valence-corrected chi connectivity index (χ0v) is 15.0. The molecule has 0 fully saturated rings. The number of hydrogen-bond acceptors (Lipinski definition) is 6. The first-order valence-electron chi connectivity index (χ1n) is 7.18. The van der Waals surface area contributed by atoms with Gasteiger partial charge >= 0.3 is 11.7 Å². The molecule has 0 spiro atoms. The van der Waals surface area contributed by atoms with Crippen LogP contribution in [0.4, 0.5) is 0 Å². The third-order valence-corrected chi connectivity index (χ3v) is 5.94. The molecule has 0 radical (unpaired) electrons. The second kappa shape index (κ2) is 6.20. The number of nitrogens with two attached hydrogens (primary N) is 1. The lowest BCUT2D eigenvalue weighted by molar-refractivity contribution is 0.0702. The summed E-state index contributed by atoms with van der Waals surface area (Å²) in [5.74, 6) is -1.18.